The monoisotopic (exact) mass is 343 g/mol. The first-order chi connectivity index (χ1) is 12.0. The lowest BCUT2D eigenvalue weighted by Gasteiger charge is -2.12. The van der Waals surface area contributed by atoms with Gasteiger partial charge in [0, 0.05) is 23.0 Å². The molecule has 0 saturated heterocycles. The molecular weight excluding hydrogens is 321 g/mol. The number of nitrogens with one attached hydrogen (secondary N) is 3. The van der Waals surface area contributed by atoms with Crippen molar-refractivity contribution in [1.82, 2.24) is 5.32 Å². The number of halogens is 1. The fraction of sp³-hybridized carbons (Fsp3) is 0.263. The van der Waals surface area contributed by atoms with E-state index in [2.05, 4.69) is 16.0 Å². The van der Waals surface area contributed by atoms with Crippen molar-refractivity contribution in [3.63, 3.8) is 0 Å². The Bertz CT molecular complexity index is 714. The average molecular weight is 343 g/mol. The Balaban J connectivity index is 1.83. The van der Waals surface area contributed by atoms with Crippen LogP contribution in [0.4, 0.5) is 15.8 Å². The number of hydrogen-bond donors (Lipinski definition) is 3. The van der Waals surface area contributed by atoms with Crippen molar-refractivity contribution in [2.45, 2.75) is 26.3 Å². The Hall–Kier alpha value is -2.89. The normalized spacial score (nSPS) is 11.5. The number of amides is 2. The fourth-order valence-electron chi connectivity index (χ4n) is 2.07. The van der Waals surface area contributed by atoms with Crippen molar-refractivity contribution in [2.24, 2.45) is 0 Å². The third-order valence-electron chi connectivity index (χ3n) is 3.72. The molecule has 1 unspecified atom stereocenters. The van der Waals surface area contributed by atoms with Crippen molar-refractivity contribution < 1.29 is 14.0 Å². The first-order valence-corrected chi connectivity index (χ1v) is 8.18. The first kappa shape index (κ1) is 18.4. The molecule has 0 radical (unpaired) electrons. The second kappa shape index (κ2) is 8.82. The van der Waals surface area contributed by atoms with Crippen molar-refractivity contribution in [3.8, 4) is 0 Å². The van der Waals surface area contributed by atoms with E-state index < -0.39 is 0 Å². The number of anilines is 2. The van der Waals surface area contributed by atoms with Gasteiger partial charge in [-0.25, -0.2) is 4.39 Å². The van der Waals surface area contributed by atoms with Crippen LogP contribution in [0.15, 0.2) is 48.5 Å². The topological polar surface area (TPSA) is 70.2 Å². The summed E-state index contributed by atoms with van der Waals surface area (Å²) < 4.78 is 12.8. The van der Waals surface area contributed by atoms with Gasteiger partial charge in [-0.05, 0) is 61.9 Å². The van der Waals surface area contributed by atoms with Crippen LogP contribution >= 0.6 is 0 Å². The number of rotatable bonds is 7. The third-order valence-corrected chi connectivity index (χ3v) is 3.72. The maximum atomic E-state index is 12.8. The van der Waals surface area contributed by atoms with Gasteiger partial charge in [-0.3, -0.25) is 9.59 Å². The van der Waals surface area contributed by atoms with Gasteiger partial charge in [0.2, 0.25) is 5.91 Å². The van der Waals surface area contributed by atoms with Crippen LogP contribution in [0.2, 0.25) is 0 Å². The summed E-state index contributed by atoms with van der Waals surface area (Å²) in [4.78, 5) is 23.9. The molecular formula is C19H22FN3O2. The minimum absolute atomic E-state index is 0.0653. The first-order valence-electron chi connectivity index (χ1n) is 8.18. The molecule has 2 amide bonds. The van der Waals surface area contributed by atoms with Crippen LogP contribution in [0, 0.1) is 5.82 Å². The molecule has 2 aromatic carbocycles. The van der Waals surface area contributed by atoms with E-state index in [1.54, 1.807) is 24.3 Å². The van der Waals surface area contributed by atoms with Gasteiger partial charge in [-0.2, -0.15) is 0 Å². The lowest BCUT2D eigenvalue weighted by atomic mass is 10.1. The Labute approximate surface area is 146 Å². The van der Waals surface area contributed by atoms with Crippen molar-refractivity contribution in [2.75, 3.05) is 17.2 Å². The zero-order valence-electron chi connectivity index (χ0n) is 14.3. The molecule has 132 valence electrons. The molecule has 0 saturated carbocycles. The predicted octanol–water partition coefficient (Wildman–Crippen LogP) is 3.40. The third kappa shape index (κ3) is 5.91. The molecule has 3 N–H and O–H groups in total. The van der Waals surface area contributed by atoms with Gasteiger partial charge in [0.15, 0.2) is 0 Å². The van der Waals surface area contributed by atoms with E-state index in [4.69, 9.17) is 0 Å². The molecule has 2 aromatic rings. The summed E-state index contributed by atoms with van der Waals surface area (Å²) in [6, 6.07) is 12.6. The molecule has 0 aliphatic carbocycles. The summed E-state index contributed by atoms with van der Waals surface area (Å²) in [5.41, 5.74) is 1.83. The predicted molar refractivity (Wildman–Crippen MR) is 97.2 cm³/mol. The van der Waals surface area contributed by atoms with Crippen LogP contribution in [-0.2, 0) is 4.79 Å². The highest BCUT2D eigenvalue weighted by atomic mass is 19.1. The quantitative estimate of drug-likeness (QED) is 0.721. The SMILES string of the molecule is CCC(C)NC(=O)c1ccc(NCC(=O)Nc2ccc(F)cc2)cc1. The van der Waals surface area contributed by atoms with E-state index in [9.17, 15) is 14.0 Å². The second-order valence-electron chi connectivity index (χ2n) is 5.77. The molecule has 25 heavy (non-hydrogen) atoms. The van der Waals surface area contributed by atoms with E-state index in [-0.39, 0.29) is 30.2 Å². The van der Waals surface area contributed by atoms with E-state index in [1.165, 1.54) is 24.3 Å². The van der Waals surface area contributed by atoms with Crippen LogP contribution in [0.5, 0.6) is 0 Å². The average Bonchev–Trinajstić information content (AvgIpc) is 2.62. The molecule has 0 spiro atoms. The zero-order chi connectivity index (χ0) is 18.2. The molecule has 6 heteroatoms. The Morgan fingerprint density at radius 1 is 1.00 bits per heavy atom. The van der Waals surface area contributed by atoms with E-state index in [0.717, 1.165) is 12.1 Å². The molecule has 0 heterocycles. The van der Waals surface area contributed by atoms with E-state index >= 15 is 0 Å². The molecule has 0 fully saturated rings. The summed E-state index contributed by atoms with van der Waals surface area (Å²) in [5.74, 6) is -0.714. The summed E-state index contributed by atoms with van der Waals surface area (Å²) in [7, 11) is 0. The minimum Gasteiger partial charge on any atom is -0.376 e. The maximum absolute atomic E-state index is 12.8. The van der Waals surface area contributed by atoms with Crippen molar-refractivity contribution in [1.29, 1.82) is 0 Å². The Morgan fingerprint density at radius 3 is 2.20 bits per heavy atom. The van der Waals surface area contributed by atoms with Gasteiger partial charge < -0.3 is 16.0 Å². The van der Waals surface area contributed by atoms with Crippen LogP contribution < -0.4 is 16.0 Å². The Morgan fingerprint density at radius 2 is 1.60 bits per heavy atom. The summed E-state index contributed by atoms with van der Waals surface area (Å²) in [6.45, 7) is 4.03. The molecule has 0 bridgehead atoms. The van der Waals surface area contributed by atoms with E-state index in [0.29, 0.717) is 11.3 Å². The summed E-state index contributed by atoms with van der Waals surface area (Å²) >= 11 is 0. The zero-order valence-corrected chi connectivity index (χ0v) is 14.3. The van der Waals surface area contributed by atoms with Crippen LogP contribution in [0.25, 0.3) is 0 Å². The van der Waals surface area contributed by atoms with Crippen LogP contribution in [0.3, 0.4) is 0 Å². The number of carbonyl (C=O) groups is 2. The molecule has 0 aliphatic rings. The van der Waals surface area contributed by atoms with Crippen LogP contribution in [-0.4, -0.2) is 24.4 Å². The fourth-order valence-corrected chi connectivity index (χ4v) is 2.07. The molecule has 0 aliphatic heterocycles. The van der Waals surface area contributed by atoms with Crippen molar-refractivity contribution >= 4 is 23.2 Å². The van der Waals surface area contributed by atoms with Crippen LogP contribution in [0.1, 0.15) is 30.6 Å². The maximum Gasteiger partial charge on any atom is 0.251 e. The smallest absolute Gasteiger partial charge is 0.251 e. The highest BCUT2D eigenvalue weighted by Crippen LogP contribution is 2.11. The highest BCUT2D eigenvalue weighted by Gasteiger charge is 2.08. The van der Waals surface area contributed by atoms with E-state index in [1.807, 2.05) is 13.8 Å². The Kier molecular flexibility index (Phi) is 6.51. The second-order valence-corrected chi connectivity index (χ2v) is 5.77. The van der Waals surface area contributed by atoms with Gasteiger partial charge in [0.1, 0.15) is 5.82 Å². The van der Waals surface area contributed by atoms with Gasteiger partial charge in [0.25, 0.3) is 5.91 Å². The lowest BCUT2D eigenvalue weighted by Crippen LogP contribution is -2.31. The van der Waals surface area contributed by atoms with Gasteiger partial charge in [-0.15, -0.1) is 0 Å². The largest absolute Gasteiger partial charge is 0.376 e. The standard InChI is InChI=1S/C19H22FN3O2/c1-3-13(2)22-19(25)14-4-8-16(9-5-14)21-12-18(24)23-17-10-6-15(20)7-11-17/h4-11,13,21H,3,12H2,1-2H3,(H,22,25)(H,23,24). The highest BCUT2D eigenvalue weighted by molar-refractivity contribution is 5.95. The molecule has 0 aromatic heterocycles. The number of carbonyl (C=O) groups excluding carboxylic acids is 2. The summed E-state index contributed by atoms with van der Waals surface area (Å²) in [5, 5.41) is 8.54. The van der Waals surface area contributed by atoms with Crippen molar-refractivity contribution in [3.05, 3.63) is 59.9 Å². The van der Waals surface area contributed by atoms with Gasteiger partial charge in [0.05, 0.1) is 6.54 Å². The summed E-state index contributed by atoms with van der Waals surface area (Å²) in [6.07, 6.45) is 0.870. The number of benzene rings is 2. The number of hydrogen-bond acceptors (Lipinski definition) is 3. The minimum atomic E-state index is -0.353. The molecule has 1 atom stereocenters. The van der Waals surface area contributed by atoms with Gasteiger partial charge >= 0.3 is 0 Å². The lowest BCUT2D eigenvalue weighted by molar-refractivity contribution is -0.114. The molecule has 5 nitrogen and oxygen atoms in total. The molecule has 2 rings (SSSR count). The van der Waals surface area contributed by atoms with Gasteiger partial charge in [-0.1, -0.05) is 6.92 Å².